The zero-order valence-corrected chi connectivity index (χ0v) is 11.2. The van der Waals surface area contributed by atoms with Gasteiger partial charge in [0, 0.05) is 13.0 Å². The molecule has 114 valence electrons. The number of halogens is 2. The molecular weight excluding hydrogens is 276 g/mol. The van der Waals surface area contributed by atoms with Gasteiger partial charge < -0.3 is 15.7 Å². The lowest BCUT2D eigenvalue weighted by Gasteiger charge is -2.17. The molecule has 7 nitrogen and oxygen atoms in total. The summed E-state index contributed by atoms with van der Waals surface area (Å²) >= 11 is 0. The molecule has 0 aromatic carbocycles. The number of nitrogens with one attached hydrogen (secondary N) is 2. The Bertz CT molecular complexity index is 426. The molecule has 0 bridgehead atoms. The highest BCUT2D eigenvalue weighted by Crippen LogP contribution is 2.16. The highest BCUT2D eigenvalue weighted by Gasteiger charge is 2.44. The molecule has 0 aromatic rings. The van der Waals surface area contributed by atoms with E-state index < -0.39 is 42.5 Å². The van der Waals surface area contributed by atoms with Crippen LogP contribution in [0.4, 0.5) is 13.6 Å². The maximum Gasteiger partial charge on any atom is 0.325 e. The summed E-state index contributed by atoms with van der Waals surface area (Å²) < 4.78 is 25.4. The van der Waals surface area contributed by atoms with Gasteiger partial charge in [0.2, 0.25) is 5.91 Å². The topological polar surface area (TPSA) is 98.7 Å². The fourth-order valence-corrected chi connectivity index (χ4v) is 1.61. The molecule has 0 unspecified atom stereocenters. The van der Waals surface area contributed by atoms with Crippen molar-refractivity contribution in [3.63, 3.8) is 0 Å². The molecule has 1 rings (SSSR count). The van der Waals surface area contributed by atoms with Gasteiger partial charge in [-0.2, -0.15) is 0 Å². The Morgan fingerprint density at radius 3 is 2.50 bits per heavy atom. The summed E-state index contributed by atoms with van der Waals surface area (Å²) in [5, 5.41) is 12.7. The molecule has 0 atom stereocenters. The number of carbonyl (C=O) groups is 3. The number of urea groups is 1. The van der Waals surface area contributed by atoms with Crippen LogP contribution in [-0.4, -0.2) is 59.0 Å². The van der Waals surface area contributed by atoms with Crippen molar-refractivity contribution in [1.29, 1.82) is 0 Å². The van der Waals surface area contributed by atoms with E-state index in [1.165, 1.54) is 13.8 Å². The lowest BCUT2D eigenvalue weighted by molar-refractivity contribution is -0.131. The second kappa shape index (κ2) is 5.70. The fraction of sp³-hybridized carbons (Fsp3) is 0.727. The van der Waals surface area contributed by atoms with Crippen LogP contribution >= 0.6 is 0 Å². The number of amides is 4. The molecule has 20 heavy (non-hydrogen) atoms. The first-order valence-corrected chi connectivity index (χ1v) is 5.98. The maximum absolute atomic E-state index is 12.7. The summed E-state index contributed by atoms with van der Waals surface area (Å²) in [6, 6.07) is -0.617. The third kappa shape index (κ3) is 3.86. The van der Waals surface area contributed by atoms with Crippen LogP contribution in [0.25, 0.3) is 0 Å². The van der Waals surface area contributed by atoms with Crippen molar-refractivity contribution in [3.8, 4) is 0 Å². The smallest absolute Gasteiger partial charge is 0.325 e. The normalized spacial score (nSPS) is 18.1. The van der Waals surface area contributed by atoms with Crippen LogP contribution in [0.15, 0.2) is 0 Å². The highest BCUT2D eigenvalue weighted by molar-refractivity contribution is 6.06. The lowest BCUT2D eigenvalue weighted by atomic mass is 10.1. The van der Waals surface area contributed by atoms with Gasteiger partial charge in [-0.15, -0.1) is 0 Å². The largest absolute Gasteiger partial charge is 0.390 e. The third-order valence-electron chi connectivity index (χ3n) is 2.78. The molecule has 1 heterocycles. The molecule has 1 saturated heterocycles. The van der Waals surface area contributed by atoms with Crippen molar-refractivity contribution in [2.45, 2.75) is 31.7 Å². The molecule has 0 saturated carbocycles. The molecule has 4 amide bonds. The number of carbonyl (C=O) groups excluding carboxylic acids is 3. The van der Waals surface area contributed by atoms with Gasteiger partial charge in [-0.05, 0) is 13.8 Å². The van der Waals surface area contributed by atoms with Crippen molar-refractivity contribution < 1.29 is 28.3 Å². The number of aliphatic hydroxyl groups is 1. The molecule has 0 aromatic heterocycles. The van der Waals surface area contributed by atoms with Crippen molar-refractivity contribution in [1.82, 2.24) is 15.5 Å². The summed E-state index contributed by atoms with van der Waals surface area (Å²) in [4.78, 5) is 35.5. The fourth-order valence-electron chi connectivity index (χ4n) is 1.61. The molecule has 0 spiro atoms. The summed E-state index contributed by atoms with van der Waals surface area (Å²) in [6.07, 6.45) is -0.281. The van der Waals surface area contributed by atoms with Gasteiger partial charge in [-0.1, -0.05) is 0 Å². The average molecular weight is 293 g/mol. The Hall–Kier alpha value is -1.77. The number of alkyl halides is 2. The van der Waals surface area contributed by atoms with Gasteiger partial charge in [0.25, 0.3) is 11.8 Å². The standard InChI is InChI=1S/C11H17F2N3O4/c1-10(2)8(19)16(9(20)15-10)4-3-7(18)14-5-11(12,13)6-17/h17H,3-6H2,1-2H3,(H,14,18)(H,15,20). The predicted octanol–water partition coefficient (Wildman–Crippen LogP) is -0.549. The van der Waals surface area contributed by atoms with Gasteiger partial charge in [0.05, 0.1) is 6.54 Å². The second-order valence-corrected chi connectivity index (χ2v) is 5.05. The van der Waals surface area contributed by atoms with Crippen LogP contribution in [-0.2, 0) is 9.59 Å². The summed E-state index contributed by atoms with van der Waals surface area (Å²) in [5.74, 6) is -4.60. The maximum atomic E-state index is 12.7. The number of rotatable bonds is 6. The van der Waals surface area contributed by atoms with E-state index in [-0.39, 0.29) is 13.0 Å². The molecule has 9 heteroatoms. The lowest BCUT2D eigenvalue weighted by Crippen LogP contribution is -2.42. The first-order valence-electron chi connectivity index (χ1n) is 5.98. The van der Waals surface area contributed by atoms with E-state index >= 15 is 0 Å². The number of aliphatic hydroxyl groups excluding tert-OH is 1. The number of hydrogen-bond acceptors (Lipinski definition) is 4. The Morgan fingerprint density at radius 1 is 1.45 bits per heavy atom. The van der Waals surface area contributed by atoms with E-state index in [1.807, 2.05) is 5.32 Å². The number of nitrogens with zero attached hydrogens (tertiary/aromatic N) is 1. The van der Waals surface area contributed by atoms with Gasteiger partial charge in [-0.25, -0.2) is 13.6 Å². The van der Waals surface area contributed by atoms with Crippen molar-refractivity contribution in [2.75, 3.05) is 19.7 Å². The van der Waals surface area contributed by atoms with Crippen LogP contribution < -0.4 is 10.6 Å². The Balaban J connectivity index is 2.42. The van der Waals surface area contributed by atoms with E-state index in [1.54, 1.807) is 0 Å². The minimum atomic E-state index is -3.39. The minimum absolute atomic E-state index is 0.190. The van der Waals surface area contributed by atoms with Crippen LogP contribution in [0, 0.1) is 0 Å². The summed E-state index contributed by atoms with van der Waals surface area (Å²) in [6.45, 7) is 0.497. The van der Waals surface area contributed by atoms with Crippen molar-refractivity contribution >= 4 is 17.8 Å². The van der Waals surface area contributed by atoms with E-state index in [9.17, 15) is 23.2 Å². The van der Waals surface area contributed by atoms with Gasteiger partial charge in [0.1, 0.15) is 12.1 Å². The SMILES string of the molecule is CC1(C)NC(=O)N(CCC(=O)NCC(F)(F)CO)C1=O. The predicted molar refractivity (Wildman–Crippen MR) is 64.0 cm³/mol. The monoisotopic (exact) mass is 293 g/mol. The second-order valence-electron chi connectivity index (χ2n) is 5.05. The Morgan fingerprint density at radius 2 is 2.05 bits per heavy atom. The molecule has 3 N–H and O–H groups in total. The van der Waals surface area contributed by atoms with E-state index in [0.717, 1.165) is 4.90 Å². The molecular formula is C11H17F2N3O4. The van der Waals surface area contributed by atoms with E-state index in [4.69, 9.17) is 5.11 Å². The molecule has 1 fully saturated rings. The van der Waals surface area contributed by atoms with Crippen LogP contribution in [0.1, 0.15) is 20.3 Å². The number of hydrogen-bond donors (Lipinski definition) is 3. The summed E-state index contributed by atoms with van der Waals surface area (Å²) in [7, 11) is 0. The highest BCUT2D eigenvalue weighted by atomic mass is 19.3. The Kier molecular flexibility index (Phi) is 4.64. The zero-order chi connectivity index (χ0) is 15.6. The minimum Gasteiger partial charge on any atom is -0.390 e. The Labute approximate surface area is 114 Å². The molecule has 1 aliphatic heterocycles. The van der Waals surface area contributed by atoms with Crippen molar-refractivity contribution in [3.05, 3.63) is 0 Å². The molecule has 0 aliphatic carbocycles. The van der Waals surface area contributed by atoms with Crippen LogP contribution in [0.5, 0.6) is 0 Å². The first-order chi connectivity index (χ1) is 9.09. The van der Waals surface area contributed by atoms with Gasteiger partial charge in [-0.3, -0.25) is 14.5 Å². The van der Waals surface area contributed by atoms with E-state index in [2.05, 4.69) is 5.32 Å². The number of imide groups is 1. The average Bonchev–Trinajstić information content (AvgIpc) is 2.54. The summed E-state index contributed by atoms with van der Waals surface area (Å²) in [5.41, 5.74) is -1.03. The zero-order valence-electron chi connectivity index (χ0n) is 11.2. The first kappa shape index (κ1) is 16.3. The van der Waals surface area contributed by atoms with Gasteiger partial charge >= 0.3 is 6.03 Å². The van der Waals surface area contributed by atoms with Crippen molar-refractivity contribution in [2.24, 2.45) is 0 Å². The van der Waals surface area contributed by atoms with Crippen LogP contribution in [0.3, 0.4) is 0 Å². The van der Waals surface area contributed by atoms with Crippen LogP contribution in [0.2, 0.25) is 0 Å². The third-order valence-corrected chi connectivity index (χ3v) is 2.78. The quantitative estimate of drug-likeness (QED) is 0.572. The molecule has 0 radical (unpaired) electrons. The molecule has 1 aliphatic rings. The van der Waals surface area contributed by atoms with Gasteiger partial charge in [0.15, 0.2) is 0 Å². The van der Waals surface area contributed by atoms with E-state index in [0.29, 0.717) is 0 Å².